The lowest BCUT2D eigenvalue weighted by atomic mass is 9.90. The summed E-state index contributed by atoms with van der Waals surface area (Å²) in [7, 11) is 0. The van der Waals surface area contributed by atoms with Crippen LogP contribution in [0.5, 0.6) is 0 Å². The van der Waals surface area contributed by atoms with E-state index in [4.69, 9.17) is 4.74 Å². The van der Waals surface area contributed by atoms with Crippen molar-refractivity contribution in [3.05, 3.63) is 35.6 Å². The zero-order chi connectivity index (χ0) is 17.7. The molecule has 0 saturated carbocycles. The SMILES string of the molecule is CC(C)(C)OC(=O)N1CCC(CC(=O)Cc2ccccc2F)CC1. The van der Waals surface area contributed by atoms with Crippen LogP contribution in [0.25, 0.3) is 0 Å². The van der Waals surface area contributed by atoms with E-state index in [1.54, 1.807) is 23.1 Å². The van der Waals surface area contributed by atoms with Crippen LogP contribution < -0.4 is 0 Å². The highest BCUT2D eigenvalue weighted by molar-refractivity contribution is 5.81. The normalized spacial score (nSPS) is 16.1. The number of benzene rings is 1. The van der Waals surface area contributed by atoms with Crippen molar-refractivity contribution in [1.82, 2.24) is 4.90 Å². The van der Waals surface area contributed by atoms with Gasteiger partial charge in [-0.05, 0) is 51.2 Å². The van der Waals surface area contributed by atoms with Gasteiger partial charge in [-0.2, -0.15) is 0 Å². The predicted molar refractivity (Wildman–Crippen MR) is 90.3 cm³/mol. The summed E-state index contributed by atoms with van der Waals surface area (Å²) in [4.78, 5) is 25.9. The molecule has 1 aromatic rings. The Labute approximate surface area is 143 Å². The van der Waals surface area contributed by atoms with E-state index in [9.17, 15) is 14.0 Å². The van der Waals surface area contributed by atoms with E-state index in [-0.39, 0.29) is 30.0 Å². The first-order chi connectivity index (χ1) is 11.2. The second kappa shape index (κ2) is 7.77. The molecule has 0 aromatic heterocycles. The van der Waals surface area contributed by atoms with E-state index >= 15 is 0 Å². The van der Waals surface area contributed by atoms with Crippen molar-refractivity contribution in [2.45, 2.75) is 52.1 Å². The van der Waals surface area contributed by atoms with E-state index in [1.165, 1.54) is 6.07 Å². The lowest BCUT2D eigenvalue weighted by Gasteiger charge is -2.33. The number of likely N-dealkylation sites (tertiary alicyclic amines) is 1. The van der Waals surface area contributed by atoms with Crippen molar-refractivity contribution in [2.24, 2.45) is 5.92 Å². The minimum absolute atomic E-state index is 0.0517. The van der Waals surface area contributed by atoms with Gasteiger partial charge in [-0.3, -0.25) is 4.79 Å². The summed E-state index contributed by atoms with van der Waals surface area (Å²) in [6.45, 7) is 6.75. The number of amides is 1. The molecule has 0 radical (unpaired) electrons. The second-order valence-electron chi connectivity index (χ2n) is 7.42. The third-order valence-electron chi connectivity index (χ3n) is 4.13. The number of nitrogens with zero attached hydrogens (tertiary/aromatic N) is 1. The smallest absolute Gasteiger partial charge is 0.410 e. The van der Waals surface area contributed by atoms with Gasteiger partial charge < -0.3 is 9.64 Å². The minimum Gasteiger partial charge on any atom is -0.444 e. The monoisotopic (exact) mass is 335 g/mol. The van der Waals surface area contributed by atoms with Crippen LogP contribution in [-0.2, 0) is 16.0 Å². The van der Waals surface area contributed by atoms with Gasteiger partial charge in [0.15, 0.2) is 0 Å². The lowest BCUT2D eigenvalue weighted by Crippen LogP contribution is -2.42. The van der Waals surface area contributed by atoms with E-state index in [0.29, 0.717) is 25.1 Å². The van der Waals surface area contributed by atoms with Gasteiger partial charge in [0.1, 0.15) is 17.2 Å². The summed E-state index contributed by atoms with van der Waals surface area (Å²) in [5, 5.41) is 0. The third kappa shape index (κ3) is 5.62. The molecule has 1 saturated heterocycles. The number of hydrogen-bond donors (Lipinski definition) is 0. The zero-order valence-electron chi connectivity index (χ0n) is 14.7. The standard InChI is InChI=1S/C19H26FNO3/c1-19(2,3)24-18(23)21-10-8-14(9-11-21)12-16(22)13-15-6-4-5-7-17(15)20/h4-7,14H,8-13H2,1-3H3. The minimum atomic E-state index is -0.496. The van der Waals surface area contributed by atoms with Gasteiger partial charge in [-0.25, -0.2) is 9.18 Å². The van der Waals surface area contributed by atoms with Crippen LogP contribution in [0.1, 0.15) is 45.6 Å². The molecule has 0 unspecified atom stereocenters. The molecule has 2 rings (SSSR count). The fraction of sp³-hybridized carbons (Fsp3) is 0.579. The molecule has 1 aliphatic rings. The van der Waals surface area contributed by atoms with Crippen molar-refractivity contribution >= 4 is 11.9 Å². The summed E-state index contributed by atoms with van der Waals surface area (Å²) in [5.74, 6) is -0.0237. The van der Waals surface area contributed by atoms with Crippen molar-refractivity contribution in [3.63, 3.8) is 0 Å². The van der Waals surface area contributed by atoms with Crippen LogP contribution in [-0.4, -0.2) is 35.5 Å². The first-order valence-corrected chi connectivity index (χ1v) is 8.47. The van der Waals surface area contributed by atoms with Gasteiger partial charge >= 0.3 is 6.09 Å². The highest BCUT2D eigenvalue weighted by atomic mass is 19.1. The number of ether oxygens (including phenoxy) is 1. The number of piperidine rings is 1. The Hall–Kier alpha value is -1.91. The second-order valence-corrected chi connectivity index (χ2v) is 7.42. The number of rotatable bonds is 4. The Kier molecular flexibility index (Phi) is 5.97. The highest BCUT2D eigenvalue weighted by Gasteiger charge is 2.27. The fourth-order valence-electron chi connectivity index (χ4n) is 2.89. The molecule has 1 amide bonds. The van der Waals surface area contributed by atoms with Gasteiger partial charge in [0.05, 0.1) is 0 Å². The lowest BCUT2D eigenvalue weighted by molar-refractivity contribution is -0.119. The van der Waals surface area contributed by atoms with Crippen molar-refractivity contribution in [1.29, 1.82) is 0 Å². The molecular weight excluding hydrogens is 309 g/mol. The van der Waals surface area contributed by atoms with Gasteiger partial charge in [0, 0.05) is 25.9 Å². The quantitative estimate of drug-likeness (QED) is 0.836. The molecule has 5 heteroatoms. The first-order valence-electron chi connectivity index (χ1n) is 8.47. The largest absolute Gasteiger partial charge is 0.444 e. The maximum absolute atomic E-state index is 13.6. The Balaban J connectivity index is 1.77. The fourth-order valence-corrected chi connectivity index (χ4v) is 2.89. The molecule has 1 heterocycles. The number of halogens is 1. The molecular formula is C19H26FNO3. The summed E-state index contributed by atoms with van der Waals surface area (Å²) >= 11 is 0. The number of Topliss-reactive ketones (excluding diaryl/α,β-unsaturated/α-hetero) is 1. The van der Waals surface area contributed by atoms with Gasteiger partial charge in [0.25, 0.3) is 0 Å². The molecule has 0 bridgehead atoms. The summed E-state index contributed by atoms with van der Waals surface area (Å²) in [6, 6.07) is 6.39. The van der Waals surface area contributed by atoms with E-state index in [1.807, 2.05) is 20.8 Å². The maximum Gasteiger partial charge on any atom is 0.410 e. The van der Waals surface area contributed by atoms with Crippen LogP contribution in [0.4, 0.5) is 9.18 Å². The van der Waals surface area contributed by atoms with Crippen LogP contribution in [0.3, 0.4) is 0 Å². The molecule has 24 heavy (non-hydrogen) atoms. The Bertz CT molecular complexity index is 587. The van der Waals surface area contributed by atoms with Crippen molar-refractivity contribution < 1.29 is 18.7 Å². The van der Waals surface area contributed by atoms with E-state index in [0.717, 1.165) is 12.8 Å². The highest BCUT2D eigenvalue weighted by Crippen LogP contribution is 2.23. The summed E-state index contributed by atoms with van der Waals surface area (Å²) in [6.07, 6.45) is 1.85. The van der Waals surface area contributed by atoms with Crippen molar-refractivity contribution in [2.75, 3.05) is 13.1 Å². The van der Waals surface area contributed by atoms with Crippen LogP contribution in [0.2, 0.25) is 0 Å². The molecule has 4 nitrogen and oxygen atoms in total. The molecule has 0 aliphatic carbocycles. The maximum atomic E-state index is 13.6. The topological polar surface area (TPSA) is 46.6 Å². The van der Waals surface area contributed by atoms with E-state index < -0.39 is 5.60 Å². The molecule has 132 valence electrons. The van der Waals surface area contributed by atoms with Crippen molar-refractivity contribution in [3.8, 4) is 0 Å². The molecule has 1 aliphatic heterocycles. The zero-order valence-corrected chi connectivity index (χ0v) is 14.7. The van der Waals surface area contributed by atoms with Crippen LogP contribution >= 0.6 is 0 Å². The number of hydrogen-bond acceptors (Lipinski definition) is 3. The first kappa shape index (κ1) is 18.4. The Morgan fingerprint density at radius 2 is 1.83 bits per heavy atom. The Morgan fingerprint density at radius 3 is 2.42 bits per heavy atom. The van der Waals surface area contributed by atoms with Crippen LogP contribution in [0.15, 0.2) is 24.3 Å². The molecule has 1 fully saturated rings. The van der Waals surface area contributed by atoms with Gasteiger partial charge in [-0.1, -0.05) is 18.2 Å². The van der Waals surface area contributed by atoms with Gasteiger partial charge in [0.2, 0.25) is 0 Å². The molecule has 1 aromatic carbocycles. The average molecular weight is 335 g/mol. The van der Waals surface area contributed by atoms with Crippen LogP contribution in [0, 0.1) is 11.7 Å². The average Bonchev–Trinajstić information content (AvgIpc) is 2.48. The third-order valence-corrected chi connectivity index (χ3v) is 4.13. The number of ketones is 1. The number of carbonyl (C=O) groups is 2. The molecule has 0 N–H and O–H groups in total. The summed E-state index contributed by atoms with van der Waals surface area (Å²) < 4.78 is 19.0. The molecule has 0 spiro atoms. The Morgan fingerprint density at radius 1 is 1.21 bits per heavy atom. The van der Waals surface area contributed by atoms with E-state index in [2.05, 4.69) is 0 Å². The summed E-state index contributed by atoms with van der Waals surface area (Å²) in [5.41, 5.74) is -0.0439. The predicted octanol–water partition coefficient (Wildman–Crippen LogP) is 3.97. The number of carbonyl (C=O) groups excluding carboxylic acids is 2. The van der Waals surface area contributed by atoms with Gasteiger partial charge in [-0.15, -0.1) is 0 Å². The molecule has 0 atom stereocenters.